The van der Waals surface area contributed by atoms with E-state index in [0.29, 0.717) is 0 Å². The molecular weight excluding hydrogens is 354 g/mol. The Morgan fingerprint density at radius 2 is 1.78 bits per heavy atom. The lowest BCUT2D eigenvalue weighted by atomic mass is 10.2. The molecule has 0 aromatic heterocycles. The van der Waals surface area contributed by atoms with E-state index in [1.54, 1.807) is 7.11 Å². The Morgan fingerprint density at radius 1 is 1.04 bits per heavy atom. The highest BCUT2D eigenvalue weighted by atomic mass is 79.9. The van der Waals surface area contributed by atoms with Crippen molar-refractivity contribution in [2.45, 2.75) is 0 Å². The molecule has 1 fully saturated rings. The van der Waals surface area contributed by atoms with Gasteiger partial charge in [-0.2, -0.15) is 5.10 Å². The first-order chi connectivity index (χ1) is 11.3. The summed E-state index contributed by atoms with van der Waals surface area (Å²) in [6.07, 6.45) is 1.88. The maximum Gasteiger partial charge on any atom is 0.127 e. The van der Waals surface area contributed by atoms with Gasteiger partial charge in [0.1, 0.15) is 5.75 Å². The van der Waals surface area contributed by atoms with E-state index in [4.69, 9.17) is 4.74 Å². The molecule has 23 heavy (non-hydrogen) atoms. The largest absolute Gasteiger partial charge is 0.496 e. The van der Waals surface area contributed by atoms with Gasteiger partial charge in [0.05, 0.1) is 26.4 Å². The van der Waals surface area contributed by atoms with E-state index in [0.717, 1.165) is 42.0 Å². The van der Waals surface area contributed by atoms with Crippen LogP contribution in [0.5, 0.6) is 5.75 Å². The average molecular weight is 374 g/mol. The second-order valence-electron chi connectivity index (χ2n) is 5.41. The molecule has 2 aromatic rings. The second kappa shape index (κ2) is 7.51. The van der Waals surface area contributed by atoms with Gasteiger partial charge in [-0.15, -0.1) is 0 Å². The molecule has 0 spiro atoms. The van der Waals surface area contributed by atoms with Crippen molar-refractivity contribution in [2.75, 3.05) is 38.2 Å². The Bertz CT molecular complexity index is 667. The molecule has 0 amide bonds. The third-order valence-electron chi connectivity index (χ3n) is 3.93. The maximum absolute atomic E-state index is 5.38. The van der Waals surface area contributed by atoms with Gasteiger partial charge in [-0.3, -0.25) is 5.01 Å². The predicted molar refractivity (Wildman–Crippen MR) is 98.5 cm³/mol. The van der Waals surface area contributed by atoms with Crippen LogP contribution in [0.2, 0.25) is 0 Å². The summed E-state index contributed by atoms with van der Waals surface area (Å²) < 4.78 is 6.40. The minimum atomic E-state index is 0.833. The van der Waals surface area contributed by atoms with E-state index in [1.165, 1.54) is 5.69 Å². The highest BCUT2D eigenvalue weighted by molar-refractivity contribution is 9.10. The SMILES string of the molecule is COc1ccc(Br)cc1/C=N/N1CCN(c2ccccc2)CC1. The Kier molecular flexibility index (Phi) is 5.18. The molecule has 0 aliphatic carbocycles. The van der Waals surface area contributed by atoms with Crippen molar-refractivity contribution < 1.29 is 4.74 Å². The molecule has 0 saturated carbocycles. The third kappa shape index (κ3) is 4.05. The van der Waals surface area contributed by atoms with Crippen LogP contribution in [0.15, 0.2) is 58.1 Å². The molecule has 2 aromatic carbocycles. The number of hydrogen-bond donors (Lipinski definition) is 0. The number of benzene rings is 2. The van der Waals surface area contributed by atoms with Gasteiger partial charge in [0.25, 0.3) is 0 Å². The number of rotatable bonds is 4. The fourth-order valence-corrected chi connectivity index (χ4v) is 3.04. The second-order valence-corrected chi connectivity index (χ2v) is 6.32. The number of piperazine rings is 1. The summed E-state index contributed by atoms with van der Waals surface area (Å²) in [5.74, 6) is 0.833. The van der Waals surface area contributed by atoms with E-state index in [1.807, 2.05) is 24.4 Å². The quantitative estimate of drug-likeness (QED) is 0.766. The van der Waals surface area contributed by atoms with Gasteiger partial charge >= 0.3 is 0 Å². The number of para-hydroxylation sites is 1. The average Bonchev–Trinajstić information content (AvgIpc) is 2.61. The Morgan fingerprint density at radius 3 is 2.48 bits per heavy atom. The number of halogens is 1. The zero-order valence-corrected chi connectivity index (χ0v) is 14.7. The first-order valence-corrected chi connectivity index (χ1v) is 8.48. The minimum absolute atomic E-state index is 0.833. The van der Waals surface area contributed by atoms with Gasteiger partial charge in [-0.1, -0.05) is 34.1 Å². The molecule has 0 N–H and O–H groups in total. The lowest BCUT2D eigenvalue weighted by Gasteiger charge is -2.34. The molecule has 3 rings (SSSR count). The topological polar surface area (TPSA) is 28.1 Å². The lowest BCUT2D eigenvalue weighted by molar-refractivity contribution is 0.272. The van der Waals surface area contributed by atoms with E-state index < -0.39 is 0 Å². The Balaban J connectivity index is 1.62. The highest BCUT2D eigenvalue weighted by Gasteiger charge is 2.15. The summed E-state index contributed by atoms with van der Waals surface area (Å²) in [5, 5.41) is 6.72. The van der Waals surface area contributed by atoms with Crippen molar-refractivity contribution in [2.24, 2.45) is 5.10 Å². The maximum atomic E-state index is 5.38. The first kappa shape index (κ1) is 15.9. The fraction of sp³-hybridized carbons (Fsp3) is 0.278. The first-order valence-electron chi connectivity index (χ1n) is 7.69. The monoisotopic (exact) mass is 373 g/mol. The molecule has 0 radical (unpaired) electrons. The summed E-state index contributed by atoms with van der Waals surface area (Å²) >= 11 is 3.49. The predicted octanol–water partition coefficient (Wildman–Crippen LogP) is 3.61. The fourth-order valence-electron chi connectivity index (χ4n) is 2.66. The van der Waals surface area contributed by atoms with Gasteiger partial charge in [-0.05, 0) is 30.3 Å². The lowest BCUT2D eigenvalue weighted by Crippen LogP contribution is -2.44. The summed E-state index contributed by atoms with van der Waals surface area (Å²) in [4.78, 5) is 2.39. The van der Waals surface area contributed by atoms with Gasteiger partial charge in [0, 0.05) is 28.8 Å². The molecule has 1 aliphatic rings. The third-order valence-corrected chi connectivity index (χ3v) is 4.42. The zero-order valence-electron chi connectivity index (χ0n) is 13.2. The summed E-state index contributed by atoms with van der Waals surface area (Å²) in [5.41, 5.74) is 2.26. The molecular formula is C18H20BrN3O. The Hall–Kier alpha value is -2.01. The molecule has 1 saturated heterocycles. The van der Waals surface area contributed by atoms with E-state index in [2.05, 4.69) is 61.3 Å². The minimum Gasteiger partial charge on any atom is -0.496 e. The van der Waals surface area contributed by atoms with Gasteiger partial charge < -0.3 is 9.64 Å². The van der Waals surface area contributed by atoms with Crippen LogP contribution < -0.4 is 9.64 Å². The molecule has 0 bridgehead atoms. The Labute approximate surface area is 145 Å². The molecule has 5 heteroatoms. The number of nitrogens with zero attached hydrogens (tertiary/aromatic N) is 3. The molecule has 1 heterocycles. The molecule has 120 valence electrons. The van der Waals surface area contributed by atoms with Crippen LogP contribution in [0.4, 0.5) is 5.69 Å². The highest BCUT2D eigenvalue weighted by Crippen LogP contribution is 2.21. The number of hydrazone groups is 1. The smallest absolute Gasteiger partial charge is 0.127 e. The van der Waals surface area contributed by atoms with Crippen molar-refractivity contribution >= 4 is 27.8 Å². The van der Waals surface area contributed by atoms with Crippen LogP contribution in [0.1, 0.15) is 5.56 Å². The normalized spacial score (nSPS) is 15.2. The number of hydrogen-bond acceptors (Lipinski definition) is 4. The summed E-state index contributed by atoms with van der Waals surface area (Å²) in [6.45, 7) is 3.80. The van der Waals surface area contributed by atoms with Crippen LogP contribution in [0, 0.1) is 0 Å². The van der Waals surface area contributed by atoms with Crippen molar-refractivity contribution in [1.29, 1.82) is 0 Å². The summed E-state index contributed by atoms with van der Waals surface area (Å²) in [7, 11) is 1.68. The van der Waals surface area contributed by atoms with Crippen LogP contribution in [-0.4, -0.2) is 44.5 Å². The van der Waals surface area contributed by atoms with Crippen molar-refractivity contribution in [3.05, 3.63) is 58.6 Å². The van der Waals surface area contributed by atoms with Gasteiger partial charge in [0.2, 0.25) is 0 Å². The van der Waals surface area contributed by atoms with Crippen molar-refractivity contribution in [3.63, 3.8) is 0 Å². The number of ether oxygens (including phenoxy) is 1. The van der Waals surface area contributed by atoms with Crippen LogP contribution >= 0.6 is 15.9 Å². The van der Waals surface area contributed by atoms with Gasteiger partial charge in [-0.25, -0.2) is 0 Å². The molecule has 1 aliphatic heterocycles. The molecule has 0 atom stereocenters. The van der Waals surface area contributed by atoms with Crippen LogP contribution in [0.3, 0.4) is 0 Å². The van der Waals surface area contributed by atoms with Crippen LogP contribution in [-0.2, 0) is 0 Å². The zero-order chi connectivity index (χ0) is 16.1. The van der Waals surface area contributed by atoms with E-state index in [-0.39, 0.29) is 0 Å². The van der Waals surface area contributed by atoms with E-state index in [9.17, 15) is 0 Å². The van der Waals surface area contributed by atoms with Crippen molar-refractivity contribution in [1.82, 2.24) is 5.01 Å². The number of anilines is 1. The standard InChI is InChI=1S/C18H20BrN3O/c1-23-18-8-7-16(19)13-15(18)14-20-22-11-9-21(10-12-22)17-5-3-2-4-6-17/h2-8,13-14H,9-12H2,1H3/b20-14+. The molecule has 0 unspecified atom stereocenters. The van der Waals surface area contributed by atoms with E-state index >= 15 is 0 Å². The van der Waals surface area contributed by atoms with Crippen molar-refractivity contribution in [3.8, 4) is 5.75 Å². The number of methoxy groups -OCH3 is 1. The summed E-state index contributed by atoms with van der Waals surface area (Å²) in [6, 6.07) is 16.5. The molecule has 4 nitrogen and oxygen atoms in total. The van der Waals surface area contributed by atoms with Crippen LogP contribution in [0.25, 0.3) is 0 Å². The van der Waals surface area contributed by atoms with Gasteiger partial charge in [0.15, 0.2) is 0 Å².